The van der Waals surface area contributed by atoms with E-state index in [4.69, 9.17) is 0 Å². The second-order valence-corrected chi connectivity index (χ2v) is 7.14. The zero-order valence-corrected chi connectivity index (χ0v) is 12.9. The highest BCUT2D eigenvalue weighted by atomic mass is 79.9. The van der Waals surface area contributed by atoms with Gasteiger partial charge in [-0.1, -0.05) is 61.8 Å². The summed E-state index contributed by atoms with van der Waals surface area (Å²) in [6.07, 6.45) is 0. The van der Waals surface area contributed by atoms with Crippen LogP contribution in [0.2, 0.25) is 0 Å². The summed E-state index contributed by atoms with van der Waals surface area (Å²) in [6, 6.07) is 9.43. The average molecular weight is 296 g/mol. The molecule has 1 atom stereocenters. The van der Waals surface area contributed by atoms with Gasteiger partial charge < -0.3 is 5.32 Å². The van der Waals surface area contributed by atoms with E-state index >= 15 is 0 Å². The third kappa shape index (κ3) is 2.06. The number of nitrogens with one attached hydrogen (secondary N) is 1. The molecule has 1 N–H and O–H groups in total. The molecule has 0 bridgehead atoms. The molecule has 0 aromatic heterocycles. The van der Waals surface area contributed by atoms with Crippen molar-refractivity contribution in [2.45, 2.75) is 46.7 Å². The maximum absolute atomic E-state index is 3.76. The van der Waals surface area contributed by atoms with Crippen molar-refractivity contribution in [3.05, 3.63) is 34.3 Å². The Kier molecular flexibility index (Phi) is 3.16. The van der Waals surface area contributed by atoms with E-state index in [1.807, 2.05) is 0 Å². The Morgan fingerprint density at radius 3 is 2.12 bits per heavy atom. The molecule has 1 aromatic rings. The van der Waals surface area contributed by atoms with E-state index < -0.39 is 0 Å². The van der Waals surface area contributed by atoms with Crippen molar-refractivity contribution in [1.82, 2.24) is 5.32 Å². The molecule has 1 fully saturated rings. The van der Waals surface area contributed by atoms with Gasteiger partial charge in [0.05, 0.1) is 0 Å². The lowest BCUT2D eigenvalue weighted by molar-refractivity contribution is 0.457. The van der Waals surface area contributed by atoms with Crippen LogP contribution in [-0.2, 0) is 0 Å². The minimum Gasteiger partial charge on any atom is -0.306 e. The second kappa shape index (κ2) is 4.10. The van der Waals surface area contributed by atoms with Gasteiger partial charge in [0.1, 0.15) is 0 Å². The van der Waals surface area contributed by atoms with Gasteiger partial charge in [0.25, 0.3) is 0 Å². The van der Waals surface area contributed by atoms with Crippen molar-refractivity contribution in [2.24, 2.45) is 10.8 Å². The molecular weight excluding hydrogens is 274 g/mol. The van der Waals surface area contributed by atoms with Crippen LogP contribution in [0.15, 0.2) is 28.7 Å². The molecule has 0 radical (unpaired) electrons. The second-order valence-electron chi connectivity index (χ2n) is 6.29. The summed E-state index contributed by atoms with van der Waals surface area (Å²) in [5.74, 6) is 0. The number of rotatable bonds is 3. The summed E-state index contributed by atoms with van der Waals surface area (Å²) in [4.78, 5) is 0. The van der Waals surface area contributed by atoms with Crippen LogP contribution < -0.4 is 5.32 Å². The molecule has 2 rings (SSSR count). The molecule has 0 amide bonds. The van der Waals surface area contributed by atoms with Crippen LogP contribution in [0.5, 0.6) is 0 Å². The molecule has 1 unspecified atom stereocenters. The summed E-state index contributed by atoms with van der Waals surface area (Å²) in [7, 11) is 0. The maximum atomic E-state index is 3.76. The van der Waals surface area contributed by atoms with Crippen molar-refractivity contribution >= 4 is 15.9 Å². The predicted molar refractivity (Wildman–Crippen MR) is 77.0 cm³/mol. The molecule has 2 heteroatoms. The summed E-state index contributed by atoms with van der Waals surface area (Å²) < 4.78 is 1.19. The molecule has 0 saturated heterocycles. The van der Waals surface area contributed by atoms with Gasteiger partial charge in [-0.3, -0.25) is 0 Å². The molecule has 0 heterocycles. The summed E-state index contributed by atoms with van der Waals surface area (Å²) in [6.45, 7) is 11.6. The molecule has 17 heavy (non-hydrogen) atoms. The average Bonchev–Trinajstić information content (AvgIpc) is 2.61. The highest BCUT2D eigenvalue weighted by molar-refractivity contribution is 9.10. The van der Waals surface area contributed by atoms with Gasteiger partial charge >= 0.3 is 0 Å². The molecule has 1 aliphatic carbocycles. The topological polar surface area (TPSA) is 12.0 Å². The van der Waals surface area contributed by atoms with Crippen LogP contribution in [0.25, 0.3) is 0 Å². The van der Waals surface area contributed by atoms with Crippen molar-refractivity contribution < 1.29 is 0 Å². The predicted octanol–water partition coefficient (Wildman–Crippen LogP) is 4.53. The highest BCUT2D eigenvalue weighted by Gasteiger charge is 2.64. The van der Waals surface area contributed by atoms with Crippen LogP contribution in [0.1, 0.15) is 46.2 Å². The van der Waals surface area contributed by atoms with Gasteiger partial charge in [0.15, 0.2) is 0 Å². The zero-order valence-electron chi connectivity index (χ0n) is 11.3. The Labute approximate surface area is 113 Å². The maximum Gasteiger partial charge on any atom is 0.0305 e. The third-order valence-electron chi connectivity index (χ3n) is 4.81. The fourth-order valence-electron chi connectivity index (χ4n) is 2.78. The lowest BCUT2D eigenvalue weighted by Gasteiger charge is -2.17. The van der Waals surface area contributed by atoms with E-state index in [1.165, 1.54) is 10.0 Å². The van der Waals surface area contributed by atoms with E-state index in [2.05, 4.69) is 80.1 Å². The Hall–Kier alpha value is -0.340. The lowest BCUT2D eigenvalue weighted by atomic mass is 10.0. The van der Waals surface area contributed by atoms with Gasteiger partial charge in [0.2, 0.25) is 0 Å². The Morgan fingerprint density at radius 1 is 1.12 bits per heavy atom. The van der Waals surface area contributed by atoms with Gasteiger partial charge in [-0.15, -0.1) is 0 Å². The fourth-order valence-corrected chi connectivity index (χ4v) is 3.41. The van der Waals surface area contributed by atoms with Crippen molar-refractivity contribution in [3.63, 3.8) is 0 Å². The molecule has 0 aliphatic heterocycles. The van der Waals surface area contributed by atoms with E-state index in [0.29, 0.717) is 22.9 Å². The largest absolute Gasteiger partial charge is 0.306 e. The molecule has 1 aliphatic rings. The van der Waals surface area contributed by atoms with Crippen LogP contribution in [0.3, 0.4) is 0 Å². The first-order chi connectivity index (χ1) is 7.78. The van der Waals surface area contributed by atoms with Gasteiger partial charge in [0, 0.05) is 16.6 Å². The van der Waals surface area contributed by atoms with Crippen molar-refractivity contribution in [2.75, 3.05) is 0 Å². The van der Waals surface area contributed by atoms with Gasteiger partial charge in [-0.25, -0.2) is 0 Å². The Morgan fingerprint density at radius 2 is 1.65 bits per heavy atom. The molecule has 1 nitrogen and oxygen atoms in total. The molecule has 0 spiro atoms. The number of halogens is 1. The summed E-state index contributed by atoms with van der Waals surface area (Å²) in [5.41, 5.74) is 2.12. The van der Waals surface area contributed by atoms with E-state index in [-0.39, 0.29) is 0 Å². The van der Waals surface area contributed by atoms with Gasteiger partial charge in [-0.05, 0) is 29.4 Å². The first-order valence-corrected chi connectivity index (χ1v) is 7.08. The molecule has 1 saturated carbocycles. The Balaban J connectivity index is 2.10. The quantitative estimate of drug-likeness (QED) is 0.864. The molecule has 94 valence electrons. The molecule has 1 aromatic carbocycles. The molecular formula is C15H22BrN. The smallest absolute Gasteiger partial charge is 0.0305 e. The minimum atomic E-state index is 0.386. The third-order valence-corrected chi connectivity index (χ3v) is 5.53. The SMILES string of the molecule is CC(NC1C(C)(C)C1(C)C)c1ccccc1Br. The summed E-state index contributed by atoms with van der Waals surface area (Å²) >= 11 is 3.62. The minimum absolute atomic E-state index is 0.386. The van der Waals surface area contributed by atoms with Crippen LogP contribution >= 0.6 is 15.9 Å². The normalized spacial score (nSPS) is 23.4. The monoisotopic (exact) mass is 295 g/mol. The first-order valence-electron chi connectivity index (χ1n) is 6.29. The van der Waals surface area contributed by atoms with Crippen molar-refractivity contribution in [1.29, 1.82) is 0 Å². The number of benzene rings is 1. The van der Waals surface area contributed by atoms with Crippen LogP contribution in [-0.4, -0.2) is 6.04 Å². The lowest BCUT2D eigenvalue weighted by Crippen LogP contribution is -2.26. The van der Waals surface area contributed by atoms with E-state index in [1.54, 1.807) is 0 Å². The van der Waals surface area contributed by atoms with E-state index in [0.717, 1.165) is 0 Å². The van der Waals surface area contributed by atoms with Gasteiger partial charge in [-0.2, -0.15) is 0 Å². The number of hydrogen-bond acceptors (Lipinski definition) is 1. The zero-order chi connectivity index (χ0) is 12.8. The first kappa shape index (κ1) is 13.1. The van der Waals surface area contributed by atoms with E-state index in [9.17, 15) is 0 Å². The van der Waals surface area contributed by atoms with Crippen LogP contribution in [0, 0.1) is 10.8 Å². The summed E-state index contributed by atoms with van der Waals surface area (Å²) in [5, 5.41) is 3.76. The fraction of sp³-hybridized carbons (Fsp3) is 0.600. The Bertz CT molecular complexity index is 409. The van der Waals surface area contributed by atoms with Crippen molar-refractivity contribution in [3.8, 4) is 0 Å². The highest BCUT2D eigenvalue weighted by Crippen LogP contribution is 2.63. The number of hydrogen-bond donors (Lipinski definition) is 1. The standard InChI is InChI=1S/C15H22BrN/c1-10(11-8-6-7-9-12(11)16)17-13-14(2,3)15(13,4)5/h6-10,13,17H,1-5H3. The van der Waals surface area contributed by atoms with Crippen LogP contribution in [0.4, 0.5) is 0 Å².